The monoisotopic (exact) mass is 230 g/mol. The Morgan fingerprint density at radius 2 is 2.50 bits per heavy atom. The molecule has 0 bridgehead atoms. The lowest BCUT2D eigenvalue weighted by atomic mass is 10.2. The third-order valence-electron chi connectivity index (χ3n) is 2.51. The van der Waals surface area contributed by atoms with E-state index in [0.29, 0.717) is 19.8 Å². The van der Waals surface area contributed by atoms with Gasteiger partial charge in [-0.25, -0.2) is 0 Å². The topological polar surface area (TPSA) is 73.6 Å². The summed E-state index contributed by atoms with van der Waals surface area (Å²) in [5.74, 6) is -0.112. The largest absolute Gasteiger partial charge is 0.379 e. The first-order valence-electron chi connectivity index (χ1n) is 5.93. The van der Waals surface area contributed by atoms with Crippen LogP contribution in [0.25, 0.3) is 0 Å². The molecule has 1 heterocycles. The molecule has 0 radical (unpaired) electrons. The standard InChI is InChI=1S/C11H22N2O3/c1-9(12)11(14)13-5-3-6-15-8-10-4-2-7-16-10/h9-10H,2-8,12H2,1H3,(H,13,14). The van der Waals surface area contributed by atoms with E-state index in [-0.39, 0.29) is 12.0 Å². The Morgan fingerprint density at radius 3 is 3.12 bits per heavy atom. The molecule has 0 aromatic carbocycles. The summed E-state index contributed by atoms with van der Waals surface area (Å²) in [5.41, 5.74) is 5.40. The van der Waals surface area contributed by atoms with Gasteiger partial charge in [0, 0.05) is 19.8 Å². The van der Waals surface area contributed by atoms with Crippen molar-refractivity contribution >= 4 is 5.91 Å². The Labute approximate surface area is 96.7 Å². The van der Waals surface area contributed by atoms with Crippen LogP contribution in [-0.4, -0.2) is 44.4 Å². The second-order valence-corrected chi connectivity index (χ2v) is 4.14. The molecule has 0 aliphatic carbocycles. The lowest BCUT2D eigenvalue weighted by molar-refractivity contribution is -0.122. The van der Waals surface area contributed by atoms with E-state index in [4.69, 9.17) is 15.2 Å². The van der Waals surface area contributed by atoms with Crippen molar-refractivity contribution in [3.05, 3.63) is 0 Å². The van der Waals surface area contributed by atoms with Gasteiger partial charge in [0.15, 0.2) is 0 Å². The number of hydrogen-bond donors (Lipinski definition) is 2. The third kappa shape index (κ3) is 5.44. The smallest absolute Gasteiger partial charge is 0.236 e. The van der Waals surface area contributed by atoms with Crippen LogP contribution in [0.5, 0.6) is 0 Å². The molecular weight excluding hydrogens is 208 g/mol. The normalized spacial score (nSPS) is 22.0. The molecule has 5 heteroatoms. The molecule has 16 heavy (non-hydrogen) atoms. The summed E-state index contributed by atoms with van der Waals surface area (Å²) in [6, 6.07) is -0.437. The van der Waals surface area contributed by atoms with Crippen LogP contribution in [-0.2, 0) is 14.3 Å². The number of carbonyl (C=O) groups is 1. The van der Waals surface area contributed by atoms with Gasteiger partial charge in [-0.05, 0) is 26.2 Å². The van der Waals surface area contributed by atoms with E-state index in [9.17, 15) is 4.79 Å². The zero-order valence-corrected chi connectivity index (χ0v) is 9.91. The summed E-state index contributed by atoms with van der Waals surface area (Å²) in [5, 5.41) is 2.74. The van der Waals surface area contributed by atoms with E-state index >= 15 is 0 Å². The summed E-state index contributed by atoms with van der Waals surface area (Å²) in [4.78, 5) is 11.1. The summed E-state index contributed by atoms with van der Waals surface area (Å²) in [7, 11) is 0. The zero-order chi connectivity index (χ0) is 11.8. The average Bonchev–Trinajstić information content (AvgIpc) is 2.75. The van der Waals surface area contributed by atoms with Gasteiger partial charge in [-0.15, -0.1) is 0 Å². The minimum Gasteiger partial charge on any atom is -0.379 e. The van der Waals surface area contributed by atoms with Crippen molar-refractivity contribution in [1.82, 2.24) is 5.32 Å². The lowest BCUT2D eigenvalue weighted by Crippen LogP contribution is -2.38. The second-order valence-electron chi connectivity index (χ2n) is 4.14. The fourth-order valence-electron chi connectivity index (χ4n) is 1.54. The maximum absolute atomic E-state index is 11.1. The molecule has 0 spiro atoms. The number of rotatable bonds is 7. The van der Waals surface area contributed by atoms with Crippen LogP contribution in [0.2, 0.25) is 0 Å². The van der Waals surface area contributed by atoms with Crippen LogP contribution < -0.4 is 11.1 Å². The minimum absolute atomic E-state index is 0.112. The van der Waals surface area contributed by atoms with E-state index in [1.807, 2.05) is 0 Å². The second kappa shape index (κ2) is 7.60. The Balaban J connectivity index is 1.86. The zero-order valence-electron chi connectivity index (χ0n) is 9.91. The molecule has 0 aromatic rings. The SMILES string of the molecule is CC(N)C(=O)NCCCOCC1CCCO1. The van der Waals surface area contributed by atoms with Gasteiger partial charge in [-0.3, -0.25) is 4.79 Å². The fourth-order valence-corrected chi connectivity index (χ4v) is 1.54. The molecule has 0 aromatic heterocycles. The number of amides is 1. The van der Waals surface area contributed by atoms with Crippen LogP contribution in [0.4, 0.5) is 0 Å². The number of nitrogens with two attached hydrogens (primary N) is 1. The van der Waals surface area contributed by atoms with Gasteiger partial charge in [-0.1, -0.05) is 0 Å². The molecule has 1 amide bonds. The average molecular weight is 230 g/mol. The van der Waals surface area contributed by atoms with Crippen molar-refractivity contribution in [2.75, 3.05) is 26.4 Å². The van der Waals surface area contributed by atoms with Crippen molar-refractivity contribution in [3.8, 4) is 0 Å². The minimum atomic E-state index is -0.437. The van der Waals surface area contributed by atoms with Gasteiger partial charge in [0.1, 0.15) is 0 Å². The first kappa shape index (κ1) is 13.4. The first-order valence-corrected chi connectivity index (χ1v) is 5.93. The predicted molar refractivity (Wildman–Crippen MR) is 61.1 cm³/mol. The van der Waals surface area contributed by atoms with E-state index < -0.39 is 6.04 Å². The van der Waals surface area contributed by atoms with Gasteiger partial charge in [0.2, 0.25) is 5.91 Å². The molecule has 94 valence electrons. The summed E-state index contributed by atoms with van der Waals surface area (Å²) >= 11 is 0. The van der Waals surface area contributed by atoms with Crippen LogP contribution >= 0.6 is 0 Å². The molecule has 1 rings (SSSR count). The summed E-state index contributed by atoms with van der Waals surface area (Å²) in [6.45, 7) is 4.47. The van der Waals surface area contributed by atoms with Crippen LogP contribution in [0.3, 0.4) is 0 Å². The van der Waals surface area contributed by atoms with Gasteiger partial charge in [0.05, 0.1) is 18.8 Å². The molecule has 3 N–H and O–H groups in total. The molecule has 2 unspecified atom stereocenters. The van der Waals surface area contributed by atoms with Gasteiger partial charge >= 0.3 is 0 Å². The summed E-state index contributed by atoms with van der Waals surface area (Å²) in [6.07, 6.45) is 3.32. The Kier molecular flexibility index (Phi) is 6.37. The summed E-state index contributed by atoms with van der Waals surface area (Å²) < 4.78 is 10.9. The van der Waals surface area contributed by atoms with Crippen molar-refractivity contribution < 1.29 is 14.3 Å². The molecular formula is C11H22N2O3. The van der Waals surface area contributed by atoms with Crippen molar-refractivity contribution in [2.24, 2.45) is 5.73 Å². The maximum atomic E-state index is 11.1. The third-order valence-corrected chi connectivity index (χ3v) is 2.51. The Hall–Kier alpha value is -0.650. The quantitative estimate of drug-likeness (QED) is 0.605. The highest BCUT2D eigenvalue weighted by molar-refractivity contribution is 5.80. The Bertz CT molecular complexity index is 203. The first-order chi connectivity index (χ1) is 7.70. The van der Waals surface area contributed by atoms with Crippen molar-refractivity contribution in [1.29, 1.82) is 0 Å². The van der Waals surface area contributed by atoms with E-state index in [1.165, 1.54) is 0 Å². The number of carbonyl (C=O) groups excluding carboxylic acids is 1. The van der Waals surface area contributed by atoms with Crippen LogP contribution in [0.15, 0.2) is 0 Å². The Morgan fingerprint density at radius 1 is 1.69 bits per heavy atom. The fraction of sp³-hybridized carbons (Fsp3) is 0.909. The molecule has 0 saturated carbocycles. The van der Waals surface area contributed by atoms with Crippen LogP contribution in [0, 0.1) is 0 Å². The number of nitrogens with one attached hydrogen (secondary N) is 1. The highest BCUT2D eigenvalue weighted by atomic mass is 16.5. The van der Waals surface area contributed by atoms with Crippen molar-refractivity contribution in [3.63, 3.8) is 0 Å². The lowest BCUT2D eigenvalue weighted by Gasteiger charge is -2.10. The number of ether oxygens (including phenoxy) is 2. The molecule has 5 nitrogen and oxygen atoms in total. The van der Waals surface area contributed by atoms with Gasteiger partial charge < -0.3 is 20.5 Å². The van der Waals surface area contributed by atoms with E-state index in [2.05, 4.69) is 5.32 Å². The highest BCUT2D eigenvalue weighted by Gasteiger charge is 2.14. The highest BCUT2D eigenvalue weighted by Crippen LogP contribution is 2.11. The molecule has 2 atom stereocenters. The van der Waals surface area contributed by atoms with Gasteiger partial charge in [0.25, 0.3) is 0 Å². The van der Waals surface area contributed by atoms with E-state index in [0.717, 1.165) is 25.9 Å². The number of hydrogen-bond acceptors (Lipinski definition) is 4. The molecule has 1 aliphatic rings. The predicted octanol–water partition coefficient (Wildman–Crippen LogP) is 0.0355. The molecule has 1 aliphatic heterocycles. The maximum Gasteiger partial charge on any atom is 0.236 e. The van der Waals surface area contributed by atoms with Crippen LogP contribution in [0.1, 0.15) is 26.2 Å². The van der Waals surface area contributed by atoms with Crippen molar-refractivity contribution in [2.45, 2.75) is 38.3 Å². The van der Waals surface area contributed by atoms with E-state index in [1.54, 1.807) is 6.92 Å². The molecule has 1 saturated heterocycles. The molecule has 1 fully saturated rings. The van der Waals surface area contributed by atoms with Gasteiger partial charge in [-0.2, -0.15) is 0 Å².